The zero-order chi connectivity index (χ0) is 27.6. The van der Waals surface area contributed by atoms with E-state index < -0.39 is 0 Å². The van der Waals surface area contributed by atoms with Gasteiger partial charge in [-0.05, 0) is 69.2 Å². The van der Waals surface area contributed by atoms with Crippen LogP contribution in [0.15, 0.2) is 146 Å². The van der Waals surface area contributed by atoms with Crippen molar-refractivity contribution < 1.29 is 4.74 Å². The standard InChI is InChI=1S/C39H24N2O/c1-2-11-28-25(9-1)10-7-15-33(28)39-40-34-16-4-5-17-35(34)41(39)27-21-19-26(20-22-27)29-23-24-37-38-31(29)13-8-14-32(38)30-12-3-6-18-36(30)42-37/h1-24H. The van der Waals surface area contributed by atoms with E-state index in [1.165, 1.54) is 27.3 Å². The normalized spacial score (nSPS) is 12.0. The molecule has 0 saturated carbocycles. The molecular weight excluding hydrogens is 512 g/mol. The number of hydrogen-bond acceptors (Lipinski definition) is 2. The lowest BCUT2D eigenvalue weighted by Gasteiger charge is -2.22. The largest absolute Gasteiger partial charge is 0.456 e. The summed E-state index contributed by atoms with van der Waals surface area (Å²) >= 11 is 0. The average molecular weight is 537 g/mol. The summed E-state index contributed by atoms with van der Waals surface area (Å²) in [5.74, 6) is 2.76. The first-order valence-electron chi connectivity index (χ1n) is 14.2. The van der Waals surface area contributed by atoms with Gasteiger partial charge in [0.2, 0.25) is 0 Å². The van der Waals surface area contributed by atoms with E-state index in [1.807, 2.05) is 12.1 Å². The fourth-order valence-corrected chi connectivity index (χ4v) is 6.51. The first-order valence-corrected chi connectivity index (χ1v) is 14.2. The number of rotatable bonds is 3. The second kappa shape index (κ2) is 8.92. The molecule has 7 aromatic carbocycles. The van der Waals surface area contributed by atoms with Gasteiger partial charge in [0.15, 0.2) is 0 Å². The van der Waals surface area contributed by atoms with Gasteiger partial charge in [0.25, 0.3) is 0 Å². The number of hydrogen-bond donors (Lipinski definition) is 0. The zero-order valence-electron chi connectivity index (χ0n) is 22.7. The molecule has 0 spiro atoms. The molecule has 0 atom stereocenters. The van der Waals surface area contributed by atoms with Gasteiger partial charge in [0.05, 0.1) is 11.0 Å². The first kappa shape index (κ1) is 23.1. The lowest BCUT2D eigenvalue weighted by molar-refractivity contribution is 0.487. The number of ether oxygens (including phenoxy) is 1. The molecule has 0 radical (unpaired) electrons. The molecule has 1 aromatic heterocycles. The van der Waals surface area contributed by atoms with Crippen LogP contribution in [0.3, 0.4) is 0 Å². The van der Waals surface area contributed by atoms with Crippen LogP contribution in [0, 0.1) is 0 Å². The molecule has 9 rings (SSSR count). The summed E-state index contributed by atoms with van der Waals surface area (Å²) in [7, 11) is 0. The second-order valence-corrected chi connectivity index (χ2v) is 10.8. The van der Waals surface area contributed by atoms with Crippen LogP contribution in [0.25, 0.3) is 71.9 Å². The molecule has 0 unspecified atom stereocenters. The number of nitrogens with zero attached hydrogens (tertiary/aromatic N) is 2. The van der Waals surface area contributed by atoms with E-state index in [0.717, 1.165) is 56.1 Å². The Morgan fingerprint density at radius 2 is 1.19 bits per heavy atom. The molecule has 0 saturated heterocycles. The summed E-state index contributed by atoms with van der Waals surface area (Å²) in [6, 6.07) is 51.3. The van der Waals surface area contributed by atoms with Crippen LogP contribution in [0.2, 0.25) is 0 Å². The molecule has 0 bridgehead atoms. The number of fused-ring (bicyclic) bond motifs is 4. The maximum absolute atomic E-state index is 6.32. The second-order valence-electron chi connectivity index (χ2n) is 10.8. The molecular formula is C39H24N2O. The maximum atomic E-state index is 6.32. The SMILES string of the molecule is c1ccc2c(c1)Oc1ccc(-c3ccc(-n4c(-c5cccc6ccccc56)nc5ccccc54)cc3)c3cccc-2c13. The Hall–Kier alpha value is -5.67. The summed E-state index contributed by atoms with van der Waals surface area (Å²) in [6.07, 6.45) is 0. The predicted molar refractivity (Wildman–Crippen MR) is 172 cm³/mol. The molecule has 196 valence electrons. The van der Waals surface area contributed by atoms with Crippen LogP contribution in [-0.4, -0.2) is 9.55 Å². The Bertz CT molecular complexity index is 2320. The van der Waals surface area contributed by atoms with Crippen LogP contribution in [-0.2, 0) is 0 Å². The van der Waals surface area contributed by atoms with Gasteiger partial charge >= 0.3 is 0 Å². The minimum absolute atomic E-state index is 0.907. The van der Waals surface area contributed by atoms with Crippen molar-refractivity contribution in [3.63, 3.8) is 0 Å². The minimum atomic E-state index is 0.907. The Kier molecular flexibility index (Phi) is 4.90. The van der Waals surface area contributed by atoms with Crippen LogP contribution in [0.1, 0.15) is 0 Å². The highest BCUT2D eigenvalue weighted by Gasteiger charge is 2.21. The topological polar surface area (TPSA) is 27.1 Å². The van der Waals surface area contributed by atoms with Gasteiger partial charge < -0.3 is 4.74 Å². The van der Waals surface area contributed by atoms with Crippen molar-refractivity contribution in [2.24, 2.45) is 0 Å². The van der Waals surface area contributed by atoms with E-state index in [2.05, 4.69) is 138 Å². The molecule has 3 heteroatoms. The number of aromatic nitrogens is 2. The number of imidazole rings is 1. The van der Waals surface area contributed by atoms with Gasteiger partial charge in [-0.25, -0.2) is 4.98 Å². The predicted octanol–water partition coefficient (Wildman–Crippen LogP) is 10.4. The summed E-state index contributed by atoms with van der Waals surface area (Å²) < 4.78 is 8.61. The summed E-state index contributed by atoms with van der Waals surface area (Å²) in [5.41, 5.74) is 8.97. The summed E-state index contributed by atoms with van der Waals surface area (Å²) in [4.78, 5) is 5.13. The van der Waals surface area contributed by atoms with Gasteiger partial charge in [0.1, 0.15) is 17.3 Å². The zero-order valence-corrected chi connectivity index (χ0v) is 22.7. The molecule has 2 heterocycles. The third kappa shape index (κ3) is 3.37. The Morgan fingerprint density at radius 3 is 2.14 bits per heavy atom. The van der Waals surface area contributed by atoms with Gasteiger partial charge in [0, 0.05) is 22.2 Å². The smallest absolute Gasteiger partial charge is 0.146 e. The van der Waals surface area contributed by atoms with E-state index in [1.54, 1.807) is 0 Å². The minimum Gasteiger partial charge on any atom is -0.456 e. The van der Waals surface area contributed by atoms with Crippen LogP contribution in [0.5, 0.6) is 11.5 Å². The highest BCUT2D eigenvalue weighted by Crippen LogP contribution is 2.48. The molecule has 1 aliphatic rings. The van der Waals surface area contributed by atoms with E-state index in [9.17, 15) is 0 Å². The lowest BCUT2D eigenvalue weighted by atomic mass is 9.90. The quantitative estimate of drug-likeness (QED) is 0.225. The molecule has 8 aromatic rings. The molecule has 1 aliphatic heterocycles. The fourth-order valence-electron chi connectivity index (χ4n) is 6.51. The van der Waals surface area contributed by atoms with Crippen LogP contribution < -0.4 is 4.74 Å². The molecule has 42 heavy (non-hydrogen) atoms. The molecule has 0 N–H and O–H groups in total. The van der Waals surface area contributed by atoms with Crippen molar-refractivity contribution in [1.82, 2.24) is 9.55 Å². The van der Waals surface area contributed by atoms with Crippen molar-refractivity contribution in [2.45, 2.75) is 0 Å². The van der Waals surface area contributed by atoms with Gasteiger partial charge in [-0.3, -0.25) is 4.57 Å². The first-order chi connectivity index (χ1) is 20.8. The Balaban J connectivity index is 1.21. The molecule has 0 aliphatic carbocycles. The third-order valence-electron chi connectivity index (χ3n) is 8.43. The molecule has 0 amide bonds. The summed E-state index contributed by atoms with van der Waals surface area (Å²) in [5, 5.41) is 4.76. The van der Waals surface area contributed by atoms with Crippen molar-refractivity contribution in [3.05, 3.63) is 146 Å². The molecule has 0 fully saturated rings. The number of benzene rings is 7. The maximum Gasteiger partial charge on any atom is 0.146 e. The van der Waals surface area contributed by atoms with Gasteiger partial charge in [-0.1, -0.05) is 109 Å². The van der Waals surface area contributed by atoms with E-state index in [0.29, 0.717) is 0 Å². The Morgan fingerprint density at radius 1 is 0.476 bits per heavy atom. The highest BCUT2D eigenvalue weighted by atomic mass is 16.5. The third-order valence-corrected chi connectivity index (χ3v) is 8.43. The molecule has 3 nitrogen and oxygen atoms in total. The van der Waals surface area contributed by atoms with Crippen LogP contribution >= 0.6 is 0 Å². The van der Waals surface area contributed by atoms with Gasteiger partial charge in [-0.2, -0.15) is 0 Å². The average Bonchev–Trinajstić information content (AvgIpc) is 3.44. The van der Waals surface area contributed by atoms with Crippen molar-refractivity contribution in [1.29, 1.82) is 0 Å². The highest BCUT2D eigenvalue weighted by molar-refractivity contribution is 6.10. The van der Waals surface area contributed by atoms with E-state index in [-0.39, 0.29) is 0 Å². The number of para-hydroxylation sites is 3. The monoisotopic (exact) mass is 536 g/mol. The van der Waals surface area contributed by atoms with Crippen LogP contribution in [0.4, 0.5) is 0 Å². The van der Waals surface area contributed by atoms with Crippen molar-refractivity contribution in [2.75, 3.05) is 0 Å². The van der Waals surface area contributed by atoms with Crippen molar-refractivity contribution >= 4 is 32.6 Å². The van der Waals surface area contributed by atoms with E-state index >= 15 is 0 Å². The summed E-state index contributed by atoms with van der Waals surface area (Å²) in [6.45, 7) is 0. The van der Waals surface area contributed by atoms with E-state index in [4.69, 9.17) is 9.72 Å². The fraction of sp³-hybridized carbons (Fsp3) is 0. The Labute approximate surface area is 242 Å². The van der Waals surface area contributed by atoms with Crippen molar-refractivity contribution in [3.8, 4) is 50.8 Å². The lowest BCUT2D eigenvalue weighted by Crippen LogP contribution is -1.99. The van der Waals surface area contributed by atoms with Gasteiger partial charge in [-0.15, -0.1) is 0 Å².